The first kappa shape index (κ1) is 12.3. The number of hydrogen-bond acceptors (Lipinski definition) is 1. The van der Waals surface area contributed by atoms with Gasteiger partial charge in [0.15, 0.2) is 0 Å². The first-order valence-corrected chi connectivity index (χ1v) is 4.89. The van der Waals surface area contributed by atoms with Gasteiger partial charge in [0.05, 0.1) is 5.84 Å². The molecule has 1 rings (SSSR count). The van der Waals surface area contributed by atoms with Crippen LogP contribution in [-0.4, -0.2) is 24.7 Å². The number of rotatable bonds is 4. The minimum atomic E-state index is -4.07. The molecule has 0 aromatic carbocycles. The Hall–Kier alpha value is -0.810. The summed E-state index contributed by atoms with van der Waals surface area (Å²) in [5.41, 5.74) is 5.46. The van der Waals surface area contributed by atoms with Crippen molar-refractivity contribution in [2.75, 3.05) is 6.54 Å². The largest absolute Gasteiger partial charge is 0.387 e. The summed E-state index contributed by atoms with van der Waals surface area (Å²) in [6, 6.07) is 0. The summed E-state index contributed by atoms with van der Waals surface area (Å²) in [5, 5.41) is 0. The molecule has 0 unspecified atom stereocenters. The van der Waals surface area contributed by atoms with Crippen molar-refractivity contribution in [1.82, 2.24) is 0 Å². The molecule has 0 amide bonds. The Morgan fingerprint density at radius 2 is 1.87 bits per heavy atom. The maximum atomic E-state index is 12.5. The van der Waals surface area contributed by atoms with Crippen molar-refractivity contribution in [3.05, 3.63) is 0 Å². The fraction of sp³-hybridized carbons (Fsp3) is 0.889. The predicted octanol–water partition coefficient (Wildman–Crippen LogP) is 2.43. The van der Waals surface area contributed by atoms with Crippen LogP contribution in [0.4, 0.5) is 17.6 Å². The third-order valence-corrected chi connectivity index (χ3v) is 2.57. The highest BCUT2D eigenvalue weighted by molar-refractivity contribution is 5.83. The Morgan fingerprint density at radius 3 is 2.33 bits per heavy atom. The fourth-order valence-electron chi connectivity index (χ4n) is 1.62. The second-order valence-corrected chi connectivity index (χ2v) is 3.78. The minimum Gasteiger partial charge on any atom is -0.387 e. The van der Waals surface area contributed by atoms with Crippen LogP contribution in [0.15, 0.2) is 4.99 Å². The molecule has 1 aliphatic carbocycles. The van der Waals surface area contributed by atoms with E-state index in [1.54, 1.807) is 0 Å². The third kappa shape index (κ3) is 3.35. The van der Waals surface area contributed by atoms with E-state index in [2.05, 4.69) is 4.99 Å². The number of hydrogen-bond donors (Lipinski definition) is 1. The Kier molecular flexibility index (Phi) is 3.93. The summed E-state index contributed by atoms with van der Waals surface area (Å²) in [6.07, 6.45) is -0.0682. The number of alkyl halides is 4. The van der Waals surface area contributed by atoms with E-state index in [0.29, 0.717) is 0 Å². The Balaban J connectivity index is 2.48. The minimum absolute atomic E-state index is 0.00141. The smallest absolute Gasteiger partial charge is 0.326 e. The molecule has 0 atom stereocenters. The number of amidine groups is 1. The molecule has 6 heteroatoms. The van der Waals surface area contributed by atoms with E-state index >= 15 is 0 Å². The van der Waals surface area contributed by atoms with Crippen LogP contribution in [0.2, 0.25) is 0 Å². The molecular formula is C9H14F4N2. The number of nitrogens with two attached hydrogens (primary N) is 1. The number of halogens is 4. The van der Waals surface area contributed by atoms with Gasteiger partial charge in [-0.2, -0.15) is 8.78 Å². The summed E-state index contributed by atoms with van der Waals surface area (Å²) in [6.45, 7) is -1.22. The predicted molar refractivity (Wildman–Crippen MR) is 49.4 cm³/mol. The van der Waals surface area contributed by atoms with Gasteiger partial charge in [-0.25, -0.2) is 8.78 Å². The maximum absolute atomic E-state index is 12.5. The molecule has 0 radical (unpaired) electrons. The normalized spacial score (nSPS) is 20.2. The van der Waals surface area contributed by atoms with Crippen LogP contribution >= 0.6 is 0 Å². The van der Waals surface area contributed by atoms with Crippen LogP contribution in [0.25, 0.3) is 0 Å². The van der Waals surface area contributed by atoms with E-state index < -0.39 is 18.9 Å². The topological polar surface area (TPSA) is 38.4 Å². The van der Waals surface area contributed by atoms with Gasteiger partial charge in [-0.05, 0) is 12.8 Å². The summed E-state index contributed by atoms with van der Waals surface area (Å²) in [4.78, 5) is 3.36. The molecule has 1 saturated carbocycles. The average Bonchev–Trinajstić information content (AvgIpc) is 2.66. The molecule has 2 nitrogen and oxygen atoms in total. The molecule has 0 bridgehead atoms. The molecular weight excluding hydrogens is 212 g/mol. The van der Waals surface area contributed by atoms with E-state index in [9.17, 15) is 17.6 Å². The van der Waals surface area contributed by atoms with Crippen LogP contribution in [-0.2, 0) is 0 Å². The summed E-state index contributed by atoms with van der Waals surface area (Å²) in [7, 11) is 0. The molecule has 15 heavy (non-hydrogen) atoms. The lowest BCUT2D eigenvalue weighted by Gasteiger charge is -2.14. The highest BCUT2D eigenvalue weighted by Gasteiger charge is 2.40. The molecule has 88 valence electrons. The van der Waals surface area contributed by atoms with Crippen LogP contribution in [0.3, 0.4) is 0 Å². The molecule has 0 spiro atoms. The monoisotopic (exact) mass is 226 g/mol. The maximum Gasteiger partial charge on any atom is 0.326 e. The average molecular weight is 226 g/mol. The van der Waals surface area contributed by atoms with Crippen LogP contribution in [0.1, 0.15) is 25.7 Å². The van der Waals surface area contributed by atoms with Crippen molar-refractivity contribution in [2.24, 2.45) is 16.6 Å². The second-order valence-electron chi connectivity index (χ2n) is 3.78. The van der Waals surface area contributed by atoms with Crippen LogP contribution < -0.4 is 5.73 Å². The lowest BCUT2D eigenvalue weighted by atomic mass is 10.1. The third-order valence-electron chi connectivity index (χ3n) is 2.57. The molecule has 1 fully saturated rings. The zero-order chi connectivity index (χ0) is 11.5. The molecule has 0 saturated heterocycles. The van der Waals surface area contributed by atoms with Crippen molar-refractivity contribution >= 4 is 5.84 Å². The van der Waals surface area contributed by atoms with Crippen molar-refractivity contribution < 1.29 is 17.6 Å². The first-order chi connectivity index (χ1) is 6.93. The van der Waals surface area contributed by atoms with E-state index in [4.69, 9.17) is 5.73 Å². The molecule has 0 aliphatic heterocycles. The molecule has 1 aliphatic rings. The molecule has 0 aromatic heterocycles. The Bertz CT molecular complexity index is 234. The van der Waals surface area contributed by atoms with E-state index in [1.165, 1.54) is 0 Å². The second kappa shape index (κ2) is 4.81. The fourth-order valence-corrected chi connectivity index (χ4v) is 1.62. The van der Waals surface area contributed by atoms with Gasteiger partial charge in [0.1, 0.15) is 6.54 Å². The quantitative estimate of drug-likeness (QED) is 0.446. The molecule has 0 aromatic rings. The lowest BCUT2D eigenvalue weighted by molar-refractivity contribution is -0.120. The van der Waals surface area contributed by atoms with Gasteiger partial charge in [0.25, 0.3) is 0 Å². The van der Waals surface area contributed by atoms with E-state index in [1.807, 2.05) is 0 Å². The van der Waals surface area contributed by atoms with Gasteiger partial charge in [0, 0.05) is 5.92 Å². The first-order valence-electron chi connectivity index (χ1n) is 4.89. The lowest BCUT2D eigenvalue weighted by Crippen LogP contribution is -2.32. The molecule has 2 N–H and O–H groups in total. The highest BCUT2D eigenvalue weighted by atomic mass is 19.3. The van der Waals surface area contributed by atoms with Crippen molar-refractivity contribution in [2.45, 2.75) is 38.0 Å². The Morgan fingerprint density at radius 1 is 1.33 bits per heavy atom. The van der Waals surface area contributed by atoms with Gasteiger partial charge in [-0.15, -0.1) is 0 Å². The van der Waals surface area contributed by atoms with Crippen molar-refractivity contribution in [3.63, 3.8) is 0 Å². The van der Waals surface area contributed by atoms with Crippen molar-refractivity contribution in [1.29, 1.82) is 0 Å². The Labute approximate surface area is 85.6 Å². The number of aliphatic imine (C=N–C) groups is 1. The number of nitrogens with zero attached hydrogens (tertiary/aromatic N) is 1. The van der Waals surface area contributed by atoms with Crippen LogP contribution in [0, 0.1) is 5.92 Å². The summed E-state index contributed by atoms with van der Waals surface area (Å²) >= 11 is 0. The van der Waals surface area contributed by atoms with E-state index in [0.717, 1.165) is 25.7 Å². The zero-order valence-electron chi connectivity index (χ0n) is 8.23. The standard InChI is InChI=1S/C9H14F4N2/c10-8(11)9(12,13)5-15-7(14)6-3-1-2-4-6/h6,8H,1-5H2,(H2,14,15). The van der Waals surface area contributed by atoms with Gasteiger partial charge in [-0.3, -0.25) is 4.99 Å². The van der Waals surface area contributed by atoms with Gasteiger partial charge in [0.2, 0.25) is 0 Å². The SMILES string of the molecule is NC(=NCC(F)(F)C(F)F)C1CCCC1. The molecule has 0 heterocycles. The van der Waals surface area contributed by atoms with Gasteiger partial charge < -0.3 is 5.73 Å². The zero-order valence-corrected chi connectivity index (χ0v) is 8.23. The van der Waals surface area contributed by atoms with Gasteiger partial charge in [-0.1, -0.05) is 12.8 Å². The highest BCUT2D eigenvalue weighted by Crippen LogP contribution is 2.26. The summed E-state index contributed by atoms with van der Waals surface area (Å²) < 4.78 is 48.5. The van der Waals surface area contributed by atoms with E-state index in [-0.39, 0.29) is 11.8 Å². The van der Waals surface area contributed by atoms with Crippen molar-refractivity contribution in [3.8, 4) is 0 Å². The van der Waals surface area contributed by atoms with Crippen LogP contribution in [0.5, 0.6) is 0 Å². The summed E-state index contributed by atoms with van der Waals surface area (Å²) in [5.74, 6) is -3.98. The van der Waals surface area contributed by atoms with Gasteiger partial charge >= 0.3 is 12.3 Å².